The van der Waals surface area contributed by atoms with Gasteiger partial charge in [0.1, 0.15) is 5.75 Å². The molecule has 4 heteroatoms. The first-order valence-corrected chi connectivity index (χ1v) is 3.87. The Morgan fingerprint density at radius 1 is 1.54 bits per heavy atom. The van der Waals surface area contributed by atoms with E-state index in [2.05, 4.69) is 0 Å². The van der Waals surface area contributed by atoms with Crippen LogP contribution in [-0.2, 0) is 6.54 Å². The highest BCUT2D eigenvalue weighted by molar-refractivity contribution is 5.97. The van der Waals surface area contributed by atoms with E-state index in [0.29, 0.717) is 16.9 Å². The van der Waals surface area contributed by atoms with Gasteiger partial charge < -0.3 is 4.74 Å². The van der Waals surface area contributed by atoms with Crippen molar-refractivity contribution in [1.29, 1.82) is 0 Å². The lowest BCUT2D eigenvalue weighted by molar-refractivity contribution is 0.0220. The highest BCUT2D eigenvalue weighted by Crippen LogP contribution is 2.26. The van der Waals surface area contributed by atoms with Gasteiger partial charge >= 0.3 is 0 Å². The van der Waals surface area contributed by atoms with Crippen LogP contribution in [0.15, 0.2) is 18.2 Å². The van der Waals surface area contributed by atoms with Crippen LogP contribution in [0.25, 0.3) is 0 Å². The molecule has 68 valence electrons. The van der Waals surface area contributed by atoms with Gasteiger partial charge in [-0.2, -0.15) is 5.12 Å². The van der Waals surface area contributed by atoms with Gasteiger partial charge in [0.15, 0.2) is 0 Å². The second-order valence-corrected chi connectivity index (χ2v) is 2.85. The maximum atomic E-state index is 12.8. The van der Waals surface area contributed by atoms with Gasteiger partial charge in [-0.1, -0.05) is 10.5 Å². The Labute approximate surface area is 74.7 Å². The Morgan fingerprint density at radius 3 is 3.00 bits per heavy atom. The summed E-state index contributed by atoms with van der Waals surface area (Å²) in [5.74, 6) is -0.0173. The van der Waals surface area contributed by atoms with Gasteiger partial charge in [-0.05, 0) is 17.7 Å². The minimum Gasteiger partial charge on any atom is -0.497 e. The van der Waals surface area contributed by atoms with Crippen LogP contribution in [0.5, 0.6) is 5.75 Å². The molecule has 1 aromatic carbocycles. The molecule has 1 aliphatic heterocycles. The molecular formula is C9H8FNO2. The molecule has 0 radical (unpaired) electrons. The smallest absolute Gasteiger partial charge is 0.282 e. The van der Waals surface area contributed by atoms with Crippen molar-refractivity contribution in [3.05, 3.63) is 29.3 Å². The number of fused-ring (bicyclic) bond motifs is 1. The molecule has 0 atom stereocenters. The minimum absolute atomic E-state index is 0.0398. The summed E-state index contributed by atoms with van der Waals surface area (Å²) in [6, 6.07) is 4.97. The zero-order valence-electron chi connectivity index (χ0n) is 7.08. The second kappa shape index (κ2) is 2.73. The summed E-state index contributed by atoms with van der Waals surface area (Å²) in [5, 5.41) is 0.199. The summed E-state index contributed by atoms with van der Waals surface area (Å²) >= 11 is 0. The predicted molar refractivity (Wildman–Crippen MR) is 44.0 cm³/mol. The summed E-state index contributed by atoms with van der Waals surface area (Å²) in [6.45, 7) is 0.0398. The SMILES string of the molecule is COc1ccc2c(c1)C(=O)N(F)C2. The molecule has 1 heterocycles. The molecule has 13 heavy (non-hydrogen) atoms. The second-order valence-electron chi connectivity index (χ2n) is 2.85. The van der Waals surface area contributed by atoms with Crippen LogP contribution in [0.3, 0.4) is 0 Å². The first-order valence-electron chi connectivity index (χ1n) is 3.87. The van der Waals surface area contributed by atoms with Crippen LogP contribution in [0.2, 0.25) is 0 Å². The summed E-state index contributed by atoms with van der Waals surface area (Å²) in [5.41, 5.74) is 1.09. The highest BCUT2D eigenvalue weighted by atomic mass is 19.2. The molecule has 0 saturated heterocycles. The number of nitrogens with zero attached hydrogens (tertiary/aromatic N) is 1. The average Bonchev–Trinajstić information content (AvgIpc) is 2.43. The van der Waals surface area contributed by atoms with Crippen LogP contribution in [0, 0.1) is 0 Å². The normalized spacial score (nSPS) is 14.6. The Bertz CT molecular complexity index is 365. The first-order chi connectivity index (χ1) is 6.22. The van der Waals surface area contributed by atoms with E-state index in [4.69, 9.17) is 4.74 Å². The van der Waals surface area contributed by atoms with Crippen molar-refractivity contribution in [1.82, 2.24) is 5.12 Å². The number of halogens is 1. The molecule has 1 aromatic rings. The maximum Gasteiger partial charge on any atom is 0.282 e. The predicted octanol–water partition coefficient (Wildman–Crippen LogP) is 1.54. The van der Waals surface area contributed by atoms with E-state index in [9.17, 15) is 9.28 Å². The standard InChI is InChI=1S/C9H8FNO2/c1-13-7-3-2-6-5-11(10)9(12)8(6)4-7/h2-4H,5H2,1H3. The van der Waals surface area contributed by atoms with Gasteiger partial charge in [0.2, 0.25) is 0 Å². The number of methoxy groups -OCH3 is 1. The lowest BCUT2D eigenvalue weighted by Crippen LogP contribution is -2.12. The summed E-state index contributed by atoms with van der Waals surface area (Å²) in [4.78, 5) is 11.2. The highest BCUT2D eigenvalue weighted by Gasteiger charge is 2.27. The maximum absolute atomic E-state index is 12.8. The van der Waals surface area contributed by atoms with Crippen molar-refractivity contribution in [3.8, 4) is 5.75 Å². The summed E-state index contributed by atoms with van der Waals surface area (Å²) < 4.78 is 17.7. The third-order valence-electron chi connectivity index (χ3n) is 2.08. The van der Waals surface area contributed by atoms with Crippen LogP contribution >= 0.6 is 0 Å². The minimum atomic E-state index is -0.589. The largest absolute Gasteiger partial charge is 0.497 e. The number of hydrogen-bond acceptors (Lipinski definition) is 2. The molecule has 0 spiro atoms. The van der Waals surface area contributed by atoms with E-state index >= 15 is 0 Å². The van der Waals surface area contributed by atoms with Crippen molar-refractivity contribution >= 4 is 5.91 Å². The van der Waals surface area contributed by atoms with Crippen LogP contribution in [0.4, 0.5) is 4.48 Å². The van der Waals surface area contributed by atoms with Crippen LogP contribution < -0.4 is 4.74 Å². The van der Waals surface area contributed by atoms with Gasteiger partial charge in [-0.25, -0.2) is 0 Å². The number of carbonyl (C=O) groups is 1. The molecular weight excluding hydrogens is 173 g/mol. The molecule has 0 N–H and O–H groups in total. The van der Waals surface area contributed by atoms with Crippen LogP contribution in [-0.4, -0.2) is 18.1 Å². The molecule has 0 fully saturated rings. The average molecular weight is 181 g/mol. The quantitative estimate of drug-likeness (QED) is 0.615. The number of hydrogen-bond donors (Lipinski definition) is 0. The molecule has 0 aliphatic carbocycles. The number of rotatable bonds is 1. The third-order valence-corrected chi connectivity index (χ3v) is 2.08. The zero-order chi connectivity index (χ0) is 9.42. The Kier molecular flexibility index (Phi) is 1.69. The number of carbonyl (C=O) groups excluding carboxylic acids is 1. The fourth-order valence-electron chi connectivity index (χ4n) is 1.37. The van der Waals surface area contributed by atoms with Gasteiger partial charge in [0.25, 0.3) is 5.91 Å². The lowest BCUT2D eigenvalue weighted by atomic mass is 10.1. The topological polar surface area (TPSA) is 29.5 Å². The van der Waals surface area contributed by atoms with Gasteiger partial charge in [-0.15, -0.1) is 0 Å². The molecule has 2 rings (SSSR count). The number of benzene rings is 1. The molecule has 0 saturated carbocycles. The van der Waals surface area contributed by atoms with Gasteiger partial charge in [0, 0.05) is 0 Å². The van der Waals surface area contributed by atoms with Crippen LogP contribution in [0.1, 0.15) is 15.9 Å². The Morgan fingerprint density at radius 2 is 2.31 bits per heavy atom. The third kappa shape index (κ3) is 1.14. The van der Waals surface area contributed by atoms with Crippen molar-refractivity contribution in [3.63, 3.8) is 0 Å². The number of amides is 1. The van der Waals surface area contributed by atoms with E-state index < -0.39 is 5.91 Å². The number of ether oxygens (including phenoxy) is 1. The summed E-state index contributed by atoms with van der Waals surface area (Å²) in [7, 11) is 1.51. The van der Waals surface area contributed by atoms with E-state index in [1.807, 2.05) is 0 Å². The monoisotopic (exact) mass is 181 g/mol. The fourth-order valence-corrected chi connectivity index (χ4v) is 1.37. The van der Waals surface area contributed by atoms with E-state index in [-0.39, 0.29) is 11.7 Å². The lowest BCUT2D eigenvalue weighted by Gasteiger charge is -2.00. The van der Waals surface area contributed by atoms with Crippen molar-refractivity contribution in [2.75, 3.05) is 7.11 Å². The zero-order valence-corrected chi connectivity index (χ0v) is 7.08. The van der Waals surface area contributed by atoms with Crippen molar-refractivity contribution in [2.24, 2.45) is 0 Å². The van der Waals surface area contributed by atoms with Gasteiger partial charge in [-0.3, -0.25) is 4.79 Å². The Balaban J connectivity index is 2.48. The first kappa shape index (κ1) is 8.04. The van der Waals surface area contributed by atoms with E-state index in [1.54, 1.807) is 18.2 Å². The molecule has 1 amide bonds. The van der Waals surface area contributed by atoms with Crippen molar-refractivity contribution < 1.29 is 14.0 Å². The Hall–Kier alpha value is -1.58. The fraction of sp³-hybridized carbons (Fsp3) is 0.222. The summed E-state index contributed by atoms with van der Waals surface area (Å²) in [6.07, 6.45) is 0. The van der Waals surface area contributed by atoms with Gasteiger partial charge in [0.05, 0.1) is 19.2 Å². The molecule has 0 aromatic heterocycles. The van der Waals surface area contributed by atoms with E-state index in [0.717, 1.165) is 0 Å². The van der Waals surface area contributed by atoms with E-state index in [1.165, 1.54) is 7.11 Å². The molecule has 1 aliphatic rings. The molecule has 0 unspecified atom stereocenters. The molecule has 0 bridgehead atoms. The van der Waals surface area contributed by atoms with Crippen molar-refractivity contribution in [2.45, 2.75) is 6.54 Å². The molecule has 3 nitrogen and oxygen atoms in total.